The minimum atomic E-state index is -0.0280. The second kappa shape index (κ2) is 8.39. The minimum Gasteiger partial charge on any atom is -0.481 e. The first-order valence-electron chi connectivity index (χ1n) is 9.66. The molecule has 0 N–H and O–H groups in total. The number of hydrogen-bond donors (Lipinski definition) is 0. The van der Waals surface area contributed by atoms with Crippen molar-refractivity contribution in [2.45, 2.75) is 13.0 Å². The maximum Gasteiger partial charge on any atom is 0.213 e. The average Bonchev–Trinajstić information content (AvgIpc) is 3.20. The van der Waals surface area contributed by atoms with E-state index in [2.05, 4.69) is 50.5 Å². The SMILES string of the molecule is COc1ccc(N2CCOC(c3csc(C)n3)C2)c(-c2ccc(N(C)C)cc2)n1. The van der Waals surface area contributed by atoms with Crippen LogP contribution in [0.1, 0.15) is 16.8 Å². The number of methoxy groups -OCH3 is 1. The molecule has 0 saturated carbocycles. The van der Waals surface area contributed by atoms with Gasteiger partial charge >= 0.3 is 0 Å². The van der Waals surface area contributed by atoms with Gasteiger partial charge in [0.2, 0.25) is 5.88 Å². The molecule has 1 aliphatic rings. The molecule has 0 radical (unpaired) electrons. The number of anilines is 2. The zero-order chi connectivity index (χ0) is 20.4. The van der Waals surface area contributed by atoms with Gasteiger partial charge in [-0.05, 0) is 25.1 Å². The first-order chi connectivity index (χ1) is 14.0. The van der Waals surface area contributed by atoms with E-state index >= 15 is 0 Å². The van der Waals surface area contributed by atoms with Crippen molar-refractivity contribution in [1.29, 1.82) is 0 Å². The molecule has 0 bridgehead atoms. The molecule has 1 atom stereocenters. The van der Waals surface area contributed by atoms with Crippen molar-refractivity contribution in [3.8, 4) is 17.1 Å². The fourth-order valence-electron chi connectivity index (χ4n) is 3.51. The standard InChI is InChI=1S/C22H26N4O2S/c1-15-23-18(14-29-15)20-13-26(11-12-28-20)19-9-10-21(27-4)24-22(19)16-5-7-17(8-6-16)25(2)3/h5-10,14,20H,11-13H2,1-4H3. The molecule has 3 aromatic rings. The van der Waals surface area contributed by atoms with E-state index in [0.717, 1.165) is 46.4 Å². The summed E-state index contributed by atoms with van der Waals surface area (Å²) in [4.78, 5) is 13.8. The van der Waals surface area contributed by atoms with Crippen LogP contribution in [0.3, 0.4) is 0 Å². The number of nitrogens with zero attached hydrogens (tertiary/aromatic N) is 4. The predicted octanol–water partition coefficient (Wildman–Crippen LogP) is 4.17. The number of aromatic nitrogens is 2. The van der Waals surface area contributed by atoms with E-state index in [1.807, 2.05) is 27.1 Å². The van der Waals surface area contributed by atoms with Crippen molar-refractivity contribution in [3.63, 3.8) is 0 Å². The number of pyridine rings is 1. The highest BCUT2D eigenvalue weighted by atomic mass is 32.1. The number of hydrogen-bond acceptors (Lipinski definition) is 7. The Labute approximate surface area is 175 Å². The fourth-order valence-corrected chi connectivity index (χ4v) is 4.16. The van der Waals surface area contributed by atoms with Gasteiger partial charge in [-0.3, -0.25) is 0 Å². The van der Waals surface area contributed by atoms with Gasteiger partial charge in [0.1, 0.15) is 6.10 Å². The maximum absolute atomic E-state index is 6.01. The van der Waals surface area contributed by atoms with Crippen molar-refractivity contribution < 1.29 is 9.47 Å². The van der Waals surface area contributed by atoms with Gasteiger partial charge in [0.25, 0.3) is 0 Å². The van der Waals surface area contributed by atoms with Gasteiger partial charge in [-0.2, -0.15) is 0 Å². The normalized spacial score (nSPS) is 16.7. The molecule has 0 amide bonds. The molecule has 1 aliphatic heterocycles. The van der Waals surface area contributed by atoms with Crippen LogP contribution in [-0.4, -0.2) is 50.9 Å². The molecule has 7 heteroatoms. The van der Waals surface area contributed by atoms with E-state index in [-0.39, 0.29) is 6.10 Å². The molecule has 0 aliphatic carbocycles. The molecule has 1 unspecified atom stereocenters. The average molecular weight is 411 g/mol. The Morgan fingerprint density at radius 1 is 1.14 bits per heavy atom. The van der Waals surface area contributed by atoms with E-state index in [4.69, 9.17) is 14.5 Å². The highest BCUT2D eigenvalue weighted by Gasteiger charge is 2.26. The molecule has 2 aromatic heterocycles. The van der Waals surface area contributed by atoms with Crippen LogP contribution < -0.4 is 14.5 Å². The van der Waals surface area contributed by atoms with Crippen molar-refractivity contribution in [1.82, 2.24) is 9.97 Å². The number of thiazole rings is 1. The number of ether oxygens (including phenoxy) is 2. The van der Waals surface area contributed by atoms with Gasteiger partial charge in [-0.15, -0.1) is 11.3 Å². The largest absolute Gasteiger partial charge is 0.481 e. The zero-order valence-electron chi connectivity index (χ0n) is 17.3. The third kappa shape index (κ3) is 4.21. The molecular weight excluding hydrogens is 384 g/mol. The van der Waals surface area contributed by atoms with Gasteiger partial charge in [-0.25, -0.2) is 9.97 Å². The van der Waals surface area contributed by atoms with Crippen LogP contribution in [0.25, 0.3) is 11.3 Å². The Hall–Kier alpha value is -2.64. The summed E-state index contributed by atoms with van der Waals surface area (Å²) in [5.74, 6) is 0.611. The van der Waals surface area contributed by atoms with Crippen molar-refractivity contribution in [2.24, 2.45) is 0 Å². The molecule has 29 heavy (non-hydrogen) atoms. The van der Waals surface area contributed by atoms with E-state index in [1.165, 1.54) is 0 Å². The van der Waals surface area contributed by atoms with Gasteiger partial charge < -0.3 is 19.3 Å². The smallest absolute Gasteiger partial charge is 0.213 e. The lowest BCUT2D eigenvalue weighted by molar-refractivity contribution is 0.0374. The van der Waals surface area contributed by atoms with Gasteiger partial charge in [0.05, 0.1) is 42.3 Å². The Kier molecular flexibility index (Phi) is 5.69. The number of aryl methyl sites for hydroxylation is 1. The molecular formula is C22H26N4O2S. The van der Waals surface area contributed by atoms with Crippen LogP contribution in [0.15, 0.2) is 41.8 Å². The third-order valence-electron chi connectivity index (χ3n) is 5.09. The summed E-state index contributed by atoms with van der Waals surface area (Å²) in [5.41, 5.74) is 5.24. The minimum absolute atomic E-state index is 0.0280. The summed E-state index contributed by atoms with van der Waals surface area (Å²) in [7, 11) is 5.73. The highest BCUT2D eigenvalue weighted by Crippen LogP contribution is 2.35. The molecule has 1 fully saturated rings. The summed E-state index contributed by atoms with van der Waals surface area (Å²) < 4.78 is 11.4. The first kappa shape index (κ1) is 19.7. The molecule has 0 spiro atoms. The van der Waals surface area contributed by atoms with Crippen molar-refractivity contribution >= 4 is 22.7 Å². The number of benzene rings is 1. The molecule has 4 rings (SSSR count). The monoisotopic (exact) mass is 410 g/mol. The molecule has 1 aromatic carbocycles. The summed E-state index contributed by atoms with van der Waals surface area (Å²) in [5, 5.41) is 3.16. The van der Waals surface area contributed by atoms with Crippen LogP contribution in [0.2, 0.25) is 0 Å². The fraction of sp³-hybridized carbons (Fsp3) is 0.364. The number of morpholine rings is 1. The lowest BCUT2D eigenvalue weighted by Gasteiger charge is -2.34. The van der Waals surface area contributed by atoms with Crippen LogP contribution >= 0.6 is 11.3 Å². The van der Waals surface area contributed by atoms with Crippen LogP contribution in [0.5, 0.6) is 5.88 Å². The second-order valence-electron chi connectivity index (χ2n) is 7.26. The highest BCUT2D eigenvalue weighted by molar-refractivity contribution is 7.09. The summed E-state index contributed by atoms with van der Waals surface area (Å²) in [6, 6.07) is 12.5. The summed E-state index contributed by atoms with van der Waals surface area (Å²) >= 11 is 1.66. The Morgan fingerprint density at radius 2 is 1.93 bits per heavy atom. The summed E-state index contributed by atoms with van der Waals surface area (Å²) in [6.07, 6.45) is -0.0280. The van der Waals surface area contributed by atoms with Gasteiger partial charge in [0, 0.05) is 43.3 Å². The molecule has 152 valence electrons. The van der Waals surface area contributed by atoms with E-state index in [0.29, 0.717) is 12.5 Å². The van der Waals surface area contributed by atoms with Crippen LogP contribution in [0.4, 0.5) is 11.4 Å². The lowest BCUT2D eigenvalue weighted by atomic mass is 10.1. The van der Waals surface area contributed by atoms with Gasteiger partial charge in [-0.1, -0.05) is 12.1 Å². The van der Waals surface area contributed by atoms with Crippen molar-refractivity contribution in [2.75, 3.05) is 50.7 Å². The summed E-state index contributed by atoms with van der Waals surface area (Å²) in [6.45, 7) is 4.25. The van der Waals surface area contributed by atoms with E-state index in [1.54, 1.807) is 18.4 Å². The molecule has 3 heterocycles. The molecule has 1 saturated heterocycles. The number of rotatable bonds is 5. The maximum atomic E-state index is 6.01. The zero-order valence-corrected chi connectivity index (χ0v) is 18.1. The van der Waals surface area contributed by atoms with Crippen LogP contribution in [-0.2, 0) is 4.74 Å². The van der Waals surface area contributed by atoms with Gasteiger partial charge in [0.15, 0.2) is 0 Å². The second-order valence-corrected chi connectivity index (χ2v) is 8.32. The lowest BCUT2D eigenvalue weighted by Crippen LogP contribution is -2.38. The third-order valence-corrected chi connectivity index (χ3v) is 5.88. The topological polar surface area (TPSA) is 50.7 Å². The molecule has 6 nitrogen and oxygen atoms in total. The van der Waals surface area contributed by atoms with Crippen LogP contribution in [0, 0.1) is 6.92 Å². The quantitative estimate of drug-likeness (QED) is 0.629. The Bertz CT molecular complexity index is 971. The van der Waals surface area contributed by atoms with E-state index in [9.17, 15) is 0 Å². The Balaban J connectivity index is 1.67. The first-order valence-corrected chi connectivity index (χ1v) is 10.5. The van der Waals surface area contributed by atoms with Crippen molar-refractivity contribution in [3.05, 3.63) is 52.5 Å². The van der Waals surface area contributed by atoms with E-state index < -0.39 is 0 Å². The predicted molar refractivity (Wildman–Crippen MR) is 118 cm³/mol. The Morgan fingerprint density at radius 3 is 2.59 bits per heavy atom.